The molecule has 0 unspecified atom stereocenters. The summed E-state index contributed by atoms with van der Waals surface area (Å²) >= 11 is 0. The first-order valence-electron chi connectivity index (χ1n) is 27.7. The first kappa shape index (κ1) is 63.3. The Labute approximate surface area is 413 Å². The molecule has 0 aromatic heterocycles. The Bertz CT molecular complexity index is 1350. The molecule has 6 heteroatoms. The number of rotatable bonds is 49. The highest BCUT2D eigenvalue weighted by atomic mass is 16.6. The van der Waals surface area contributed by atoms with Crippen molar-refractivity contribution in [3.63, 3.8) is 0 Å². The molecule has 0 amide bonds. The Morgan fingerprint density at radius 2 is 0.567 bits per heavy atom. The standard InChI is InChI=1S/C61H102O6/c1-4-7-10-13-16-19-22-25-28-29-30-31-34-37-40-43-46-49-52-55-61(64)67-58(56-65-59(62)53-50-47-44-41-38-35-32-26-23-20-17-14-11-8-5-2)57-66-60(63)54-51-48-45-42-39-36-33-27-24-21-18-15-12-9-6-3/h16-17,19-20,25-26,28,30-32,37-38,40-41,46,49,58H,4-15,18,21-24,27,29,33-36,39,42-45,47-48,50-57H2,1-3H3/b19-16-,20-17-,28-25-,31-30-,32-26-,40-37-,41-38-,49-46-/t58-/m1/s1. The molecule has 0 saturated carbocycles. The van der Waals surface area contributed by atoms with Crippen molar-refractivity contribution in [3.8, 4) is 0 Å². The molecule has 0 saturated heterocycles. The maximum absolute atomic E-state index is 12.8. The molecule has 1 atom stereocenters. The quantitative estimate of drug-likeness (QED) is 0.0262. The van der Waals surface area contributed by atoms with E-state index in [0.29, 0.717) is 25.7 Å². The van der Waals surface area contributed by atoms with Crippen molar-refractivity contribution in [1.29, 1.82) is 0 Å². The number of allylic oxidation sites excluding steroid dienone is 16. The van der Waals surface area contributed by atoms with Crippen LogP contribution in [-0.2, 0) is 28.6 Å². The Hall–Kier alpha value is -3.67. The monoisotopic (exact) mass is 931 g/mol. The van der Waals surface area contributed by atoms with Crippen molar-refractivity contribution >= 4 is 17.9 Å². The van der Waals surface area contributed by atoms with Crippen LogP contribution in [-0.4, -0.2) is 37.2 Å². The molecule has 0 rings (SSSR count). The van der Waals surface area contributed by atoms with Crippen LogP contribution in [0.5, 0.6) is 0 Å². The number of ether oxygens (including phenoxy) is 3. The van der Waals surface area contributed by atoms with E-state index < -0.39 is 12.1 Å². The molecule has 0 fully saturated rings. The first-order valence-corrected chi connectivity index (χ1v) is 27.7. The molecule has 67 heavy (non-hydrogen) atoms. The van der Waals surface area contributed by atoms with Gasteiger partial charge >= 0.3 is 17.9 Å². The summed E-state index contributed by atoms with van der Waals surface area (Å²) in [5.41, 5.74) is 0. The normalized spacial score (nSPS) is 12.8. The van der Waals surface area contributed by atoms with E-state index in [-0.39, 0.29) is 31.6 Å². The summed E-state index contributed by atoms with van der Waals surface area (Å²) in [5.74, 6) is -1.04. The van der Waals surface area contributed by atoms with Crippen molar-refractivity contribution < 1.29 is 28.6 Å². The Balaban J connectivity index is 4.56. The number of hydrogen-bond acceptors (Lipinski definition) is 6. The predicted molar refractivity (Wildman–Crippen MR) is 288 cm³/mol. The second-order valence-corrected chi connectivity index (χ2v) is 18.1. The number of carbonyl (C=O) groups is 3. The Morgan fingerprint density at radius 1 is 0.299 bits per heavy atom. The highest BCUT2D eigenvalue weighted by Gasteiger charge is 2.19. The molecule has 0 N–H and O–H groups in total. The van der Waals surface area contributed by atoms with Gasteiger partial charge in [0.05, 0.1) is 0 Å². The summed E-state index contributed by atoms with van der Waals surface area (Å²) in [6.45, 7) is 6.49. The maximum Gasteiger partial charge on any atom is 0.306 e. The molecule has 0 aromatic rings. The highest BCUT2D eigenvalue weighted by Crippen LogP contribution is 2.15. The summed E-state index contributed by atoms with van der Waals surface area (Å²) in [5, 5.41) is 0. The van der Waals surface area contributed by atoms with Crippen molar-refractivity contribution in [2.45, 2.75) is 258 Å². The van der Waals surface area contributed by atoms with Gasteiger partial charge in [-0.2, -0.15) is 0 Å². The van der Waals surface area contributed by atoms with Crippen LogP contribution in [0.25, 0.3) is 0 Å². The molecule has 0 aliphatic rings. The van der Waals surface area contributed by atoms with E-state index in [9.17, 15) is 14.4 Å². The molecule has 0 aromatic carbocycles. The van der Waals surface area contributed by atoms with Gasteiger partial charge in [-0.05, 0) is 96.3 Å². The first-order chi connectivity index (χ1) is 33.0. The minimum Gasteiger partial charge on any atom is -0.462 e. The van der Waals surface area contributed by atoms with Crippen molar-refractivity contribution in [1.82, 2.24) is 0 Å². The second kappa shape index (κ2) is 54.9. The fourth-order valence-corrected chi connectivity index (χ4v) is 7.37. The van der Waals surface area contributed by atoms with Crippen LogP contribution < -0.4 is 0 Å². The van der Waals surface area contributed by atoms with Crippen LogP contribution in [0.2, 0.25) is 0 Å². The average Bonchev–Trinajstić information content (AvgIpc) is 3.33. The minimum atomic E-state index is -0.832. The number of carbonyl (C=O) groups excluding carboxylic acids is 3. The van der Waals surface area contributed by atoms with E-state index in [1.54, 1.807) is 0 Å². The van der Waals surface area contributed by atoms with E-state index in [0.717, 1.165) is 70.6 Å². The molecule has 6 nitrogen and oxygen atoms in total. The summed E-state index contributed by atoms with van der Waals surface area (Å²) in [6.07, 6.45) is 72.6. The van der Waals surface area contributed by atoms with E-state index in [2.05, 4.69) is 106 Å². The van der Waals surface area contributed by atoms with Gasteiger partial charge in [-0.3, -0.25) is 14.4 Å². The van der Waals surface area contributed by atoms with Gasteiger partial charge in [0.25, 0.3) is 0 Å². The maximum atomic E-state index is 12.8. The van der Waals surface area contributed by atoms with Crippen LogP contribution in [0.4, 0.5) is 0 Å². The fourth-order valence-electron chi connectivity index (χ4n) is 7.37. The second-order valence-electron chi connectivity index (χ2n) is 18.1. The van der Waals surface area contributed by atoms with Crippen LogP contribution in [0.3, 0.4) is 0 Å². The number of hydrogen-bond donors (Lipinski definition) is 0. The van der Waals surface area contributed by atoms with Crippen LogP contribution in [0.15, 0.2) is 97.2 Å². The molecule has 0 spiro atoms. The molecular formula is C61H102O6. The lowest BCUT2D eigenvalue weighted by atomic mass is 10.0. The highest BCUT2D eigenvalue weighted by molar-refractivity contribution is 5.71. The largest absolute Gasteiger partial charge is 0.462 e. The molecule has 0 aliphatic heterocycles. The van der Waals surface area contributed by atoms with Crippen molar-refractivity contribution in [3.05, 3.63) is 97.2 Å². The predicted octanol–water partition coefficient (Wildman–Crippen LogP) is 18.5. The van der Waals surface area contributed by atoms with Gasteiger partial charge in [-0.15, -0.1) is 0 Å². The zero-order valence-corrected chi connectivity index (χ0v) is 43.6. The summed E-state index contributed by atoms with van der Waals surface area (Å²) in [7, 11) is 0. The average molecular weight is 931 g/mol. The minimum absolute atomic E-state index is 0.118. The van der Waals surface area contributed by atoms with E-state index in [1.165, 1.54) is 128 Å². The van der Waals surface area contributed by atoms with Gasteiger partial charge in [-0.1, -0.05) is 234 Å². The smallest absolute Gasteiger partial charge is 0.306 e. The van der Waals surface area contributed by atoms with Crippen molar-refractivity contribution in [2.75, 3.05) is 13.2 Å². The topological polar surface area (TPSA) is 78.9 Å². The summed E-state index contributed by atoms with van der Waals surface area (Å²) < 4.78 is 16.7. The molecule has 0 radical (unpaired) electrons. The third kappa shape index (κ3) is 53.2. The summed E-state index contributed by atoms with van der Waals surface area (Å²) in [4.78, 5) is 38.0. The van der Waals surface area contributed by atoms with E-state index in [1.807, 2.05) is 12.2 Å². The van der Waals surface area contributed by atoms with Gasteiger partial charge < -0.3 is 14.2 Å². The zero-order chi connectivity index (χ0) is 48.6. The molecular weight excluding hydrogens is 829 g/mol. The summed E-state index contributed by atoms with van der Waals surface area (Å²) in [6, 6.07) is 0. The van der Waals surface area contributed by atoms with Gasteiger partial charge in [0, 0.05) is 19.3 Å². The lowest BCUT2D eigenvalue weighted by molar-refractivity contribution is -0.166. The van der Waals surface area contributed by atoms with E-state index in [4.69, 9.17) is 14.2 Å². The van der Waals surface area contributed by atoms with E-state index >= 15 is 0 Å². The lowest BCUT2D eigenvalue weighted by Gasteiger charge is -2.18. The Morgan fingerprint density at radius 3 is 0.925 bits per heavy atom. The fraction of sp³-hybridized carbons (Fsp3) is 0.689. The third-order valence-corrected chi connectivity index (χ3v) is 11.6. The molecule has 382 valence electrons. The van der Waals surface area contributed by atoms with Gasteiger partial charge in [-0.25, -0.2) is 0 Å². The van der Waals surface area contributed by atoms with Gasteiger partial charge in [0.1, 0.15) is 13.2 Å². The molecule has 0 bridgehead atoms. The van der Waals surface area contributed by atoms with Gasteiger partial charge in [0.2, 0.25) is 0 Å². The third-order valence-electron chi connectivity index (χ3n) is 11.6. The Kier molecular flexibility index (Phi) is 51.9. The molecule has 0 heterocycles. The number of unbranched alkanes of at least 4 members (excludes halogenated alkanes) is 22. The van der Waals surface area contributed by atoms with Crippen molar-refractivity contribution in [2.24, 2.45) is 0 Å². The van der Waals surface area contributed by atoms with Crippen LogP contribution >= 0.6 is 0 Å². The SMILES string of the molecule is CCCCC/C=C\C/C=C\C/C=C\C/C=C\C/C=C\CCC(=O)O[C@H](COC(=O)CCCC/C=C\C/C=C\C/C=C\CCCCC)COC(=O)CCCCCCCCCCCCCCCCC. The lowest BCUT2D eigenvalue weighted by Crippen LogP contribution is -2.30. The number of esters is 3. The van der Waals surface area contributed by atoms with Gasteiger partial charge in [0.15, 0.2) is 6.10 Å². The van der Waals surface area contributed by atoms with Crippen LogP contribution in [0, 0.1) is 0 Å². The van der Waals surface area contributed by atoms with Crippen LogP contribution in [0.1, 0.15) is 252 Å². The zero-order valence-electron chi connectivity index (χ0n) is 43.6. The molecule has 0 aliphatic carbocycles.